The van der Waals surface area contributed by atoms with E-state index in [0.717, 1.165) is 11.1 Å². The number of nitrogens with zero attached hydrogens (tertiary/aromatic N) is 1. The van der Waals surface area contributed by atoms with Crippen molar-refractivity contribution in [3.05, 3.63) is 65.7 Å². The van der Waals surface area contributed by atoms with Crippen LogP contribution in [0.2, 0.25) is 0 Å². The maximum absolute atomic E-state index is 13.5. The van der Waals surface area contributed by atoms with E-state index in [-0.39, 0.29) is 36.7 Å². The summed E-state index contributed by atoms with van der Waals surface area (Å²) in [7, 11) is -3.94. The molecular weight excluding hydrogens is 624 g/mol. The number of nitrogens with two attached hydrogens (primary N) is 1. The molecular formula is C33H48N6O7S. The van der Waals surface area contributed by atoms with Crippen molar-refractivity contribution in [2.75, 3.05) is 6.54 Å². The summed E-state index contributed by atoms with van der Waals surface area (Å²) in [6.45, 7) is 12.1. The highest BCUT2D eigenvalue weighted by molar-refractivity contribution is 7.90. The van der Waals surface area contributed by atoms with Crippen LogP contribution in [0, 0.1) is 17.8 Å². The van der Waals surface area contributed by atoms with Gasteiger partial charge in [-0.25, -0.2) is 17.9 Å². The Bertz CT molecular complexity index is 1500. The molecule has 13 nitrogen and oxygen atoms in total. The highest BCUT2D eigenvalue weighted by Crippen LogP contribution is 2.21. The van der Waals surface area contributed by atoms with Crippen LogP contribution in [0.4, 0.5) is 0 Å². The molecule has 0 aliphatic carbocycles. The monoisotopic (exact) mass is 672 g/mol. The number of amides is 2. The van der Waals surface area contributed by atoms with Crippen molar-refractivity contribution >= 4 is 40.1 Å². The van der Waals surface area contributed by atoms with Crippen LogP contribution in [0.5, 0.6) is 0 Å². The van der Waals surface area contributed by atoms with Crippen molar-refractivity contribution in [3.8, 4) is 0 Å². The van der Waals surface area contributed by atoms with E-state index in [1.807, 2.05) is 37.3 Å². The Hall–Kier alpha value is -4.30. The molecule has 0 aromatic heterocycles. The summed E-state index contributed by atoms with van der Waals surface area (Å²) >= 11 is 0. The number of hydrogen-bond donors (Lipinski definition) is 5. The molecule has 0 spiro atoms. The first kappa shape index (κ1) is 38.9. The minimum Gasteiger partial charge on any atom is -0.369 e. The summed E-state index contributed by atoms with van der Waals surface area (Å²) in [5.74, 6) is -2.13. The van der Waals surface area contributed by atoms with E-state index in [2.05, 4.69) is 25.8 Å². The van der Waals surface area contributed by atoms with Gasteiger partial charge in [-0.05, 0) is 70.1 Å². The number of aldehydes is 1. The van der Waals surface area contributed by atoms with Crippen LogP contribution in [0.15, 0.2) is 64.5 Å². The molecule has 47 heavy (non-hydrogen) atoms. The number of rotatable bonds is 15. The van der Waals surface area contributed by atoms with Gasteiger partial charge in [0.2, 0.25) is 17.8 Å². The lowest BCUT2D eigenvalue weighted by Crippen LogP contribution is -2.59. The summed E-state index contributed by atoms with van der Waals surface area (Å²) in [6, 6.07) is 12.4. The summed E-state index contributed by atoms with van der Waals surface area (Å²) in [6.07, 6.45) is 1.23. The van der Waals surface area contributed by atoms with Gasteiger partial charge in [-0.2, -0.15) is 0 Å². The van der Waals surface area contributed by atoms with E-state index in [4.69, 9.17) is 10.6 Å². The zero-order chi connectivity index (χ0) is 35.4. The maximum Gasteiger partial charge on any atom is 0.330 e. The molecule has 1 unspecified atom stereocenters. The predicted octanol–water partition coefficient (Wildman–Crippen LogP) is 2.29. The number of hydroxylamine groups is 1. The number of aliphatic imine (C=N–C) groups is 1. The minimum atomic E-state index is -3.94. The van der Waals surface area contributed by atoms with Gasteiger partial charge in [0.1, 0.15) is 18.4 Å². The molecule has 3 atom stereocenters. The zero-order valence-electron chi connectivity index (χ0n) is 28.1. The highest BCUT2D eigenvalue weighted by atomic mass is 32.2. The second-order valence-corrected chi connectivity index (χ2v) is 15.1. The van der Waals surface area contributed by atoms with E-state index in [9.17, 15) is 27.6 Å². The number of carbonyl (C=O) groups excluding carboxylic acids is 4. The van der Waals surface area contributed by atoms with E-state index < -0.39 is 56.8 Å². The van der Waals surface area contributed by atoms with Crippen LogP contribution in [0.25, 0.3) is 0 Å². The number of hydrogen-bond acceptors (Lipinski definition) is 9. The first-order valence-electron chi connectivity index (χ1n) is 15.3. The predicted molar refractivity (Wildman–Crippen MR) is 179 cm³/mol. The van der Waals surface area contributed by atoms with Gasteiger partial charge in [0.25, 0.3) is 10.0 Å². The van der Waals surface area contributed by atoms with Gasteiger partial charge >= 0.3 is 5.97 Å². The Morgan fingerprint density at radius 2 is 1.55 bits per heavy atom. The Labute approximate surface area is 277 Å². The van der Waals surface area contributed by atoms with Crippen molar-refractivity contribution in [1.29, 1.82) is 0 Å². The fraction of sp³-hybridized carbons (Fsp3) is 0.485. The Morgan fingerprint density at radius 3 is 2.11 bits per heavy atom. The van der Waals surface area contributed by atoms with E-state index >= 15 is 0 Å². The summed E-state index contributed by atoms with van der Waals surface area (Å²) in [5.41, 5.74) is 8.47. The van der Waals surface area contributed by atoms with Crippen LogP contribution in [-0.4, -0.2) is 63.1 Å². The van der Waals surface area contributed by atoms with E-state index in [0.29, 0.717) is 6.29 Å². The molecule has 2 aromatic rings. The van der Waals surface area contributed by atoms with Crippen LogP contribution in [0.3, 0.4) is 0 Å². The molecule has 0 aliphatic heterocycles. The van der Waals surface area contributed by atoms with E-state index in [1.54, 1.807) is 53.7 Å². The summed E-state index contributed by atoms with van der Waals surface area (Å²) in [5, 5.41) is 5.46. The van der Waals surface area contributed by atoms with Crippen molar-refractivity contribution in [2.45, 2.75) is 90.7 Å². The average Bonchev–Trinajstić information content (AvgIpc) is 2.98. The molecule has 0 heterocycles. The molecule has 0 bridgehead atoms. The normalized spacial score (nSPS) is 14.3. The second kappa shape index (κ2) is 17.0. The average molecular weight is 673 g/mol. The summed E-state index contributed by atoms with van der Waals surface area (Å²) in [4.78, 5) is 60.5. The number of guanidine groups is 1. The first-order chi connectivity index (χ1) is 21.8. The van der Waals surface area contributed by atoms with Crippen molar-refractivity contribution in [3.63, 3.8) is 0 Å². The van der Waals surface area contributed by atoms with Crippen LogP contribution >= 0.6 is 0 Å². The fourth-order valence-corrected chi connectivity index (χ4v) is 5.10. The number of nitrogens with one attached hydrogen (secondary N) is 4. The fourth-order valence-electron chi connectivity index (χ4n) is 4.15. The third kappa shape index (κ3) is 13.1. The van der Waals surface area contributed by atoms with Gasteiger partial charge in [0.15, 0.2) is 0 Å². The standard InChI is InChI=1S/C33H48N6O7S/c1-22-15-17-25(18-16-22)47(44,45)39-31(34)35-19-11-14-26(38-46-30(43)33(5,6)7)28(41)37-27(32(2,3)4)29(42)36-24(21-40)20-23-12-9-8-10-13-23/h8-10,12-13,15-18,21,24,26-27,38H,11,14,19-20H2,1-7H3,(H,36,42)(H,37,41)(H3,34,35,39)/t24?,26-,27+/m0/s1. The molecule has 0 saturated heterocycles. The van der Waals surface area contributed by atoms with Crippen molar-refractivity contribution in [1.82, 2.24) is 20.8 Å². The highest BCUT2D eigenvalue weighted by Gasteiger charge is 2.36. The maximum atomic E-state index is 13.5. The topological polar surface area (TPSA) is 198 Å². The smallest absolute Gasteiger partial charge is 0.330 e. The van der Waals surface area contributed by atoms with Gasteiger partial charge in [0.05, 0.1) is 16.4 Å². The minimum absolute atomic E-state index is 0.0276. The molecule has 0 saturated carbocycles. The number of sulfonamides is 1. The van der Waals surface area contributed by atoms with Gasteiger partial charge in [-0.3, -0.25) is 14.6 Å². The zero-order valence-corrected chi connectivity index (χ0v) is 28.9. The molecule has 0 radical (unpaired) electrons. The van der Waals surface area contributed by atoms with Gasteiger partial charge in [-0.1, -0.05) is 68.8 Å². The quantitative estimate of drug-likeness (QED) is 0.0620. The van der Waals surface area contributed by atoms with Crippen molar-refractivity contribution in [2.24, 2.45) is 21.6 Å². The lowest BCUT2D eigenvalue weighted by Gasteiger charge is -2.32. The van der Waals surface area contributed by atoms with Crippen LogP contribution < -0.4 is 26.6 Å². The number of carbonyl (C=O) groups is 4. The lowest BCUT2D eigenvalue weighted by molar-refractivity contribution is -0.164. The molecule has 0 aliphatic rings. The summed E-state index contributed by atoms with van der Waals surface area (Å²) < 4.78 is 27.4. The lowest BCUT2D eigenvalue weighted by atomic mass is 9.85. The molecule has 6 N–H and O–H groups in total. The Morgan fingerprint density at radius 1 is 0.936 bits per heavy atom. The van der Waals surface area contributed by atoms with Gasteiger partial charge < -0.3 is 26.0 Å². The van der Waals surface area contributed by atoms with Crippen LogP contribution in [0.1, 0.15) is 65.5 Å². The Kier molecular flexibility index (Phi) is 14.1. The van der Waals surface area contributed by atoms with Crippen LogP contribution in [-0.2, 0) is 40.5 Å². The molecule has 14 heteroatoms. The molecule has 0 fully saturated rings. The van der Waals surface area contributed by atoms with E-state index in [1.165, 1.54) is 12.1 Å². The second-order valence-electron chi connectivity index (χ2n) is 13.4. The van der Waals surface area contributed by atoms with Gasteiger partial charge in [-0.15, -0.1) is 5.48 Å². The SMILES string of the molecule is Cc1ccc(S(=O)(=O)NC(N)=NCCC[C@H](NOC(=O)C(C)(C)C)C(=O)N[C@H](C(=O)NC(C=O)Cc2ccccc2)C(C)(C)C)cc1. The third-order valence-corrected chi connectivity index (χ3v) is 8.30. The van der Waals surface area contributed by atoms with Crippen molar-refractivity contribution < 1.29 is 32.4 Å². The third-order valence-electron chi connectivity index (χ3n) is 6.93. The first-order valence-corrected chi connectivity index (χ1v) is 16.8. The van der Waals surface area contributed by atoms with Gasteiger partial charge in [0, 0.05) is 6.54 Å². The number of benzene rings is 2. The number of aryl methyl sites for hydroxylation is 1. The largest absolute Gasteiger partial charge is 0.369 e. The Balaban J connectivity index is 2.14. The molecule has 258 valence electrons. The molecule has 2 rings (SSSR count). The molecule has 2 aromatic carbocycles. The molecule has 2 amide bonds.